The monoisotopic (exact) mass is 336 g/mol. The van der Waals surface area contributed by atoms with E-state index >= 15 is 0 Å². The van der Waals surface area contributed by atoms with Crippen LogP contribution in [0, 0.1) is 11.8 Å². The highest BCUT2D eigenvalue weighted by Crippen LogP contribution is 2.24. The molecule has 0 bridgehead atoms. The third kappa shape index (κ3) is 5.34. The molecule has 0 heterocycles. The van der Waals surface area contributed by atoms with Gasteiger partial charge >= 0.3 is 0 Å². The van der Waals surface area contributed by atoms with Crippen LogP contribution in [0.25, 0.3) is 0 Å². The van der Waals surface area contributed by atoms with Gasteiger partial charge in [-0.25, -0.2) is 4.83 Å². The number of nitrogens with zero attached hydrogens (tertiary/aromatic N) is 1. The molecular weight excluding hydrogens is 308 g/mol. The summed E-state index contributed by atoms with van der Waals surface area (Å²) in [6.45, 7) is 6.22. The SMILES string of the molecule is C/C(=N\NS(=O)(=O)c1ccc(CC(C)C)cc1)C1CCCCC1. The number of hydrogen-bond acceptors (Lipinski definition) is 3. The van der Waals surface area contributed by atoms with Crippen LogP contribution in [0.15, 0.2) is 34.3 Å². The normalized spacial score (nSPS) is 17.5. The van der Waals surface area contributed by atoms with Crippen molar-refractivity contribution in [1.29, 1.82) is 0 Å². The van der Waals surface area contributed by atoms with E-state index in [1.807, 2.05) is 19.1 Å². The molecule has 5 heteroatoms. The van der Waals surface area contributed by atoms with Gasteiger partial charge in [0.2, 0.25) is 0 Å². The number of sulfonamides is 1. The first-order valence-electron chi connectivity index (χ1n) is 8.53. The zero-order valence-electron chi connectivity index (χ0n) is 14.4. The van der Waals surface area contributed by atoms with Crippen molar-refractivity contribution in [3.8, 4) is 0 Å². The molecule has 1 aromatic rings. The largest absolute Gasteiger partial charge is 0.276 e. The van der Waals surface area contributed by atoms with E-state index in [4.69, 9.17) is 0 Å². The first kappa shape index (κ1) is 18.0. The van der Waals surface area contributed by atoms with E-state index in [1.54, 1.807) is 12.1 Å². The topological polar surface area (TPSA) is 58.5 Å². The Morgan fingerprint density at radius 1 is 1.17 bits per heavy atom. The second-order valence-electron chi connectivity index (χ2n) is 6.92. The van der Waals surface area contributed by atoms with Gasteiger partial charge in [0.25, 0.3) is 10.0 Å². The predicted octanol–water partition coefficient (Wildman–Crippen LogP) is 4.12. The van der Waals surface area contributed by atoms with E-state index in [9.17, 15) is 8.42 Å². The van der Waals surface area contributed by atoms with Crippen LogP contribution >= 0.6 is 0 Å². The lowest BCUT2D eigenvalue weighted by Crippen LogP contribution is -2.23. The summed E-state index contributed by atoms with van der Waals surface area (Å²) < 4.78 is 24.7. The molecule has 23 heavy (non-hydrogen) atoms. The van der Waals surface area contributed by atoms with Gasteiger partial charge in [-0.1, -0.05) is 45.2 Å². The molecule has 2 rings (SSSR count). The van der Waals surface area contributed by atoms with Crippen LogP contribution < -0.4 is 4.83 Å². The van der Waals surface area contributed by atoms with E-state index in [-0.39, 0.29) is 4.90 Å². The van der Waals surface area contributed by atoms with Gasteiger partial charge in [-0.2, -0.15) is 13.5 Å². The maximum atomic E-state index is 12.3. The molecule has 0 aromatic heterocycles. The molecular formula is C18H28N2O2S. The molecule has 0 atom stereocenters. The van der Waals surface area contributed by atoms with Crippen LogP contribution in [0.3, 0.4) is 0 Å². The lowest BCUT2D eigenvalue weighted by Gasteiger charge is -2.21. The van der Waals surface area contributed by atoms with Crippen LogP contribution in [-0.4, -0.2) is 14.1 Å². The van der Waals surface area contributed by atoms with Crippen molar-refractivity contribution in [2.45, 2.75) is 64.2 Å². The molecule has 0 aliphatic heterocycles. The fourth-order valence-electron chi connectivity index (χ4n) is 3.07. The molecule has 0 spiro atoms. The fraction of sp³-hybridized carbons (Fsp3) is 0.611. The zero-order valence-corrected chi connectivity index (χ0v) is 15.2. The molecule has 1 aromatic carbocycles. The molecule has 128 valence electrons. The smallest absolute Gasteiger partial charge is 0.200 e. The molecule has 4 nitrogen and oxygen atoms in total. The van der Waals surface area contributed by atoms with Crippen LogP contribution in [0.5, 0.6) is 0 Å². The van der Waals surface area contributed by atoms with Gasteiger partial charge in [-0.15, -0.1) is 0 Å². The fourth-order valence-corrected chi connectivity index (χ4v) is 3.94. The van der Waals surface area contributed by atoms with Gasteiger partial charge in [0.1, 0.15) is 0 Å². The quantitative estimate of drug-likeness (QED) is 0.627. The van der Waals surface area contributed by atoms with Crippen molar-refractivity contribution in [3.63, 3.8) is 0 Å². The minimum absolute atomic E-state index is 0.269. The number of hydrogen-bond donors (Lipinski definition) is 1. The van der Waals surface area contributed by atoms with E-state index < -0.39 is 10.0 Å². The van der Waals surface area contributed by atoms with Crippen LogP contribution in [0.2, 0.25) is 0 Å². The summed E-state index contributed by atoms with van der Waals surface area (Å²) in [6, 6.07) is 7.08. The lowest BCUT2D eigenvalue weighted by molar-refractivity contribution is 0.437. The summed E-state index contributed by atoms with van der Waals surface area (Å²) in [7, 11) is -3.58. The minimum atomic E-state index is -3.58. The minimum Gasteiger partial charge on any atom is -0.200 e. The third-order valence-electron chi connectivity index (χ3n) is 4.42. The first-order chi connectivity index (χ1) is 10.9. The van der Waals surface area contributed by atoms with E-state index in [0.717, 1.165) is 30.5 Å². The third-order valence-corrected chi connectivity index (χ3v) is 5.64. The first-order valence-corrected chi connectivity index (χ1v) is 10.0. The molecule has 1 fully saturated rings. The zero-order chi connectivity index (χ0) is 16.9. The Morgan fingerprint density at radius 2 is 1.78 bits per heavy atom. The van der Waals surface area contributed by atoms with Gasteiger partial charge in [0.05, 0.1) is 4.90 Å². The highest BCUT2D eigenvalue weighted by molar-refractivity contribution is 7.89. The van der Waals surface area contributed by atoms with Crippen LogP contribution in [0.4, 0.5) is 0 Å². The number of nitrogens with one attached hydrogen (secondary N) is 1. The summed E-state index contributed by atoms with van der Waals surface area (Å²) in [5, 5.41) is 4.15. The van der Waals surface area contributed by atoms with Crippen molar-refractivity contribution in [3.05, 3.63) is 29.8 Å². The van der Waals surface area contributed by atoms with Gasteiger partial charge in [-0.05, 0) is 55.7 Å². The second-order valence-corrected chi connectivity index (χ2v) is 8.59. The van der Waals surface area contributed by atoms with Crippen molar-refractivity contribution in [2.75, 3.05) is 0 Å². The van der Waals surface area contributed by atoms with Crippen molar-refractivity contribution in [2.24, 2.45) is 16.9 Å². The maximum Gasteiger partial charge on any atom is 0.276 e. The number of hydrazone groups is 1. The summed E-state index contributed by atoms with van der Waals surface area (Å²) in [4.78, 5) is 2.66. The maximum absolute atomic E-state index is 12.3. The van der Waals surface area contributed by atoms with Crippen molar-refractivity contribution < 1.29 is 8.42 Å². The molecule has 0 saturated heterocycles. The number of rotatable bonds is 6. The molecule has 1 saturated carbocycles. The Kier molecular flexibility index (Phi) is 6.22. The lowest BCUT2D eigenvalue weighted by atomic mass is 9.86. The Balaban J connectivity index is 2.03. The van der Waals surface area contributed by atoms with Gasteiger partial charge in [-0.3, -0.25) is 0 Å². The van der Waals surface area contributed by atoms with Gasteiger partial charge in [0, 0.05) is 5.71 Å². The van der Waals surface area contributed by atoms with Crippen molar-refractivity contribution >= 4 is 15.7 Å². The average Bonchev–Trinajstić information content (AvgIpc) is 2.53. The summed E-state index contributed by atoms with van der Waals surface area (Å²) >= 11 is 0. The molecule has 1 aliphatic carbocycles. The Labute approximate surface area is 140 Å². The van der Waals surface area contributed by atoms with E-state index in [2.05, 4.69) is 23.8 Å². The Bertz CT molecular complexity index is 627. The van der Waals surface area contributed by atoms with Crippen LogP contribution in [-0.2, 0) is 16.4 Å². The summed E-state index contributed by atoms with van der Waals surface area (Å²) in [5.41, 5.74) is 2.05. The molecule has 1 N–H and O–H groups in total. The van der Waals surface area contributed by atoms with E-state index in [1.165, 1.54) is 19.3 Å². The highest BCUT2D eigenvalue weighted by atomic mass is 32.2. The Morgan fingerprint density at radius 3 is 2.35 bits per heavy atom. The van der Waals surface area contributed by atoms with Gasteiger partial charge < -0.3 is 0 Å². The van der Waals surface area contributed by atoms with E-state index in [0.29, 0.717) is 11.8 Å². The summed E-state index contributed by atoms with van der Waals surface area (Å²) in [5.74, 6) is 0.971. The van der Waals surface area contributed by atoms with Crippen molar-refractivity contribution in [1.82, 2.24) is 4.83 Å². The molecule has 0 unspecified atom stereocenters. The summed E-state index contributed by atoms with van der Waals surface area (Å²) in [6.07, 6.45) is 6.87. The predicted molar refractivity (Wildman–Crippen MR) is 95.0 cm³/mol. The standard InChI is InChI=1S/C18H28N2O2S/c1-14(2)13-16-9-11-18(12-10-16)23(21,22)20-19-15(3)17-7-5-4-6-8-17/h9-12,14,17,20H,4-8,13H2,1-3H3/b19-15+. The Hall–Kier alpha value is -1.36. The number of benzene rings is 1. The average molecular weight is 337 g/mol. The molecule has 1 aliphatic rings. The van der Waals surface area contributed by atoms with Gasteiger partial charge in [0.15, 0.2) is 0 Å². The molecule has 0 radical (unpaired) electrons. The molecule has 0 amide bonds. The highest BCUT2D eigenvalue weighted by Gasteiger charge is 2.18. The van der Waals surface area contributed by atoms with Crippen LogP contribution in [0.1, 0.15) is 58.4 Å². The second kappa shape index (κ2) is 7.95.